The number of hydrogen-bond donors (Lipinski definition) is 1. The molecular formula is C16H16N2O6. The molecule has 0 bridgehead atoms. The number of rotatable bonds is 6. The van der Waals surface area contributed by atoms with Crippen LogP contribution >= 0.6 is 0 Å². The third-order valence-corrected chi connectivity index (χ3v) is 3.30. The standard InChI is InChI=1S/C16H16N2O6/c1-22-13-7-5-4-6-11(13)17-16(19)10-8-12(18(20)21)15(24-3)9-14(10)23-2/h4-9H,1-3H3,(H,17,19). The SMILES string of the molecule is COc1ccccc1NC(=O)c1cc([N+](=O)[O-])c(OC)cc1OC. The quantitative estimate of drug-likeness (QED) is 0.645. The van der Waals surface area contributed by atoms with Crippen molar-refractivity contribution in [2.75, 3.05) is 26.6 Å². The van der Waals surface area contributed by atoms with Gasteiger partial charge in [0, 0.05) is 12.1 Å². The van der Waals surface area contributed by atoms with E-state index in [1.54, 1.807) is 24.3 Å². The number of carbonyl (C=O) groups excluding carboxylic acids is 1. The Balaban J connectivity index is 2.44. The summed E-state index contributed by atoms with van der Waals surface area (Å²) in [5, 5.41) is 13.8. The van der Waals surface area contributed by atoms with Gasteiger partial charge in [0.15, 0.2) is 0 Å². The third-order valence-electron chi connectivity index (χ3n) is 3.30. The van der Waals surface area contributed by atoms with Crippen LogP contribution in [-0.2, 0) is 0 Å². The lowest BCUT2D eigenvalue weighted by Crippen LogP contribution is -2.14. The van der Waals surface area contributed by atoms with Crippen LogP contribution in [0.3, 0.4) is 0 Å². The van der Waals surface area contributed by atoms with E-state index in [1.165, 1.54) is 27.4 Å². The van der Waals surface area contributed by atoms with Crippen LogP contribution < -0.4 is 19.5 Å². The molecule has 0 spiro atoms. The van der Waals surface area contributed by atoms with E-state index < -0.39 is 10.8 Å². The fourth-order valence-electron chi connectivity index (χ4n) is 2.14. The number of methoxy groups -OCH3 is 3. The molecule has 2 aromatic carbocycles. The number of para-hydroxylation sites is 2. The number of benzene rings is 2. The molecule has 0 aromatic heterocycles. The molecule has 0 aliphatic rings. The summed E-state index contributed by atoms with van der Waals surface area (Å²) in [4.78, 5) is 23.0. The second kappa shape index (κ2) is 7.32. The molecular weight excluding hydrogens is 316 g/mol. The Bertz CT molecular complexity index is 775. The average Bonchev–Trinajstić information content (AvgIpc) is 2.60. The molecule has 0 saturated heterocycles. The highest BCUT2D eigenvalue weighted by Crippen LogP contribution is 2.35. The van der Waals surface area contributed by atoms with Crippen molar-refractivity contribution in [1.29, 1.82) is 0 Å². The molecule has 1 amide bonds. The summed E-state index contributed by atoms with van der Waals surface area (Å²) in [5.74, 6) is 0.0606. The van der Waals surface area contributed by atoms with Crippen molar-refractivity contribution >= 4 is 17.3 Å². The number of nitro benzene ring substituents is 1. The van der Waals surface area contributed by atoms with Crippen molar-refractivity contribution in [2.45, 2.75) is 0 Å². The Kier molecular flexibility index (Phi) is 5.20. The Morgan fingerprint density at radius 2 is 1.62 bits per heavy atom. The van der Waals surface area contributed by atoms with Gasteiger partial charge in [-0.25, -0.2) is 0 Å². The van der Waals surface area contributed by atoms with Crippen molar-refractivity contribution in [3.63, 3.8) is 0 Å². The van der Waals surface area contributed by atoms with Crippen LogP contribution in [-0.4, -0.2) is 32.2 Å². The molecule has 0 atom stereocenters. The summed E-state index contributed by atoms with van der Waals surface area (Å²) in [5.41, 5.74) is 0.116. The number of nitro groups is 1. The number of nitrogens with one attached hydrogen (secondary N) is 1. The van der Waals surface area contributed by atoms with E-state index in [4.69, 9.17) is 14.2 Å². The average molecular weight is 332 g/mol. The van der Waals surface area contributed by atoms with E-state index in [-0.39, 0.29) is 22.7 Å². The van der Waals surface area contributed by atoms with Gasteiger partial charge in [0.2, 0.25) is 5.75 Å². The minimum atomic E-state index is -0.627. The largest absolute Gasteiger partial charge is 0.496 e. The number of hydrogen-bond acceptors (Lipinski definition) is 6. The van der Waals surface area contributed by atoms with E-state index in [9.17, 15) is 14.9 Å². The smallest absolute Gasteiger partial charge is 0.311 e. The lowest BCUT2D eigenvalue weighted by molar-refractivity contribution is -0.385. The topological polar surface area (TPSA) is 99.9 Å². The first kappa shape index (κ1) is 17.1. The van der Waals surface area contributed by atoms with Gasteiger partial charge in [0.05, 0.1) is 37.5 Å². The summed E-state index contributed by atoms with van der Waals surface area (Å²) < 4.78 is 15.3. The van der Waals surface area contributed by atoms with Gasteiger partial charge in [0.1, 0.15) is 11.5 Å². The lowest BCUT2D eigenvalue weighted by atomic mass is 10.1. The molecule has 0 aliphatic carbocycles. The molecule has 0 heterocycles. The molecule has 24 heavy (non-hydrogen) atoms. The van der Waals surface area contributed by atoms with Crippen LogP contribution in [0.5, 0.6) is 17.2 Å². The van der Waals surface area contributed by atoms with Crippen LogP contribution in [0, 0.1) is 10.1 Å². The van der Waals surface area contributed by atoms with Crippen LogP contribution in [0.2, 0.25) is 0 Å². The van der Waals surface area contributed by atoms with Gasteiger partial charge in [-0.3, -0.25) is 14.9 Å². The maximum absolute atomic E-state index is 12.5. The molecule has 8 heteroatoms. The van der Waals surface area contributed by atoms with Crippen molar-refractivity contribution in [3.8, 4) is 17.2 Å². The highest BCUT2D eigenvalue weighted by atomic mass is 16.6. The lowest BCUT2D eigenvalue weighted by Gasteiger charge is -2.13. The van der Waals surface area contributed by atoms with E-state index in [1.807, 2.05) is 0 Å². The van der Waals surface area contributed by atoms with Gasteiger partial charge in [-0.2, -0.15) is 0 Å². The van der Waals surface area contributed by atoms with Gasteiger partial charge >= 0.3 is 5.69 Å². The molecule has 1 N–H and O–H groups in total. The molecule has 0 radical (unpaired) electrons. The van der Waals surface area contributed by atoms with Crippen LogP contribution in [0.15, 0.2) is 36.4 Å². The fraction of sp³-hybridized carbons (Fsp3) is 0.188. The zero-order valence-corrected chi connectivity index (χ0v) is 13.4. The van der Waals surface area contributed by atoms with Gasteiger partial charge in [-0.05, 0) is 12.1 Å². The van der Waals surface area contributed by atoms with Gasteiger partial charge in [-0.1, -0.05) is 12.1 Å². The van der Waals surface area contributed by atoms with Gasteiger partial charge < -0.3 is 19.5 Å². The van der Waals surface area contributed by atoms with Gasteiger partial charge in [-0.15, -0.1) is 0 Å². The Morgan fingerprint density at radius 1 is 1.00 bits per heavy atom. The van der Waals surface area contributed by atoms with Crippen molar-refractivity contribution in [1.82, 2.24) is 0 Å². The summed E-state index contributed by atoms with van der Waals surface area (Å²) in [6.45, 7) is 0. The first-order chi connectivity index (χ1) is 11.5. The summed E-state index contributed by atoms with van der Waals surface area (Å²) in [7, 11) is 4.14. The Morgan fingerprint density at radius 3 is 2.21 bits per heavy atom. The first-order valence-corrected chi connectivity index (χ1v) is 6.86. The van der Waals surface area contributed by atoms with E-state index in [2.05, 4.69) is 5.32 Å². The van der Waals surface area contributed by atoms with Crippen molar-refractivity contribution in [2.24, 2.45) is 0 Å². The molecule has 0 unspecified atom stereocenters. The number of nitrogens with zero attached hydrogens (tertiary/aromatic N) is 1. The Labute approximate surface area is 138 Å². The van der Waals surface area contributed by atoms with E-state index in [0.717, 1.165) is 6.07 Å². The Hall–Kier alpha value is -3.29. The molecule has 126 valence electrons. The molecule has 0 aliphatic heterocycles. The molecule has 2 rings (SSSR count). The van der Waals surface area contributed by atoms with Crippen LogP contribution in [0.25, 0.3) is 0 Å². The second-order valence-electron chi connectivity index (χ2n) is 4.64. The number of anilines is 1. The first-order valence-electron chi connectivity index (χ1n) is 6.86. The minimum absolute atomic E-state index is 0.00527. The summed E-state index contributed by atoms with van der Waals surface area (Å²) in [6.07, 6.45) is 0. The van der Waals surface area contributed by atoms with Gasteiger partial charge in [0.25, 0.3) is 5.91 Å². The third kappa shape index (κ3) is 3.37. The normalized spacial score (nSPS) is 9.96. The number of ether oxygens (including phenoxy) is 3. The minimum Gasteiger partial charge on any atom is -0.496 e. The molecule has 2 aromatic rings. The maximum atomic E-state index is 12.5. The number of carbonyl (C=O) groups is 1. The summed E-state index contributed by atoms with van der Waals surface area (Å²) >= 11 is 0. The second-order valence-corrected chi connectivity index (χ2v) is 4.64. The van der Waals surface area contributed by atoms with E-state index in [0.29, 0.717) is 11.4 Å². The molecule has 0 saturated carbocycles. The molecule has 8 nitrogen and oxygen atoms in total. The fourth-order valence-corrected chi connectivity index (χ4v) is 2.14. The summed E-state index contributed by atoms with van der Waals surface area (Å²) in [6, 6.07) is 9.24. The predicted octanol–water partition coefficient (Wildman–Crippen LogP) is 2.87. The van der Waals surface area contributed by atoms with Crippen LogP contribution in [0.4, 0.5) is 11.4 Å². The predicted molar refractivity (Wildman–Crippen MR) is 87.1 cm³/mol. The highest BCUT2D eigenvalue weighted by Gasteiger charge is 2.23. The zero-order valence-electron chi connectivity index (χ0n) is 13.4. The van der Waals surface area contributed by atoms with Crippen molar-refractivity contribution in [3.05, 3.63) is 52.1 Å². The monoisotopic (exact) mass is 332 g/mol. The van der Waals surface area contributed by atoms with Crippen LogP contribution in [0.1, 0.15) is 10.4 Å². The van der Waals surface area contributed by atoms with Crippen molar-refractivity contribution < 1.29 is 23.9 Å². The zero-order chi connectivity index (χ0) is 17.7. The maximum Gasteiger partial charge on any atom is 0.311 e. The van der Waals surface area contributed by atoms with E-state index >= 15 is 0 Å². The number of amides is 1. The highest BCUT2D eigenvalue weighted by molar-refractivity contribution is 6.07. The molecule has 0 fully saturated rings.